The van der Waals surface area contributed by atoms with E-state index < -0.39 is 10.0 Å². The monoisotopic (exact) mass is 282 g/mol. The number of benzene rings is 1. The highest BCUT2D eigenvalue weighted by molar-refractivity contribution is 7.88. The molecule has 1 amide bonds. The quantitative estimate of drug-likeness (QED) is 0.808. The maximum absolute atomic E-state index is 11.7. The molecule has 2 rings (SSSR count). The first-order valence-electron chi connectivity index (χ1n) is 6.17. The van der Waals surface area contributed by atoms with E-state index in [1.54, 1.807) is 4.90 Å². The SMILES string of the molecule is CC(=O)N1CCN(S(C)(=O)=O)C[C@@H]1c1ccccc1. The van der Waals surface area contributed by atoms with E-state index in [4.69, 9.17) is 0 Å². The van der Waals surface area contributed by atoms with E-state index in [1.807, 2.05) is 30.3 Å². The Balaban J connectivity index is 2.31. The van der Waals surface area contributed by atoms with E-state index >= 15 is 0 Å². The number of amides is 1. The third-order valence-corrected chi connectivity index (χ3v) is 4.67. The number of hydrogen-bond donors (Lipinski definition) is 0. The molecular weight excluding hydrogens is 264 g/mol. The highest BCUT2D eigenvalue weighted by atomic mass is 32.2. The molecule has 1 fully saturated rings. The van der Waals surface area contributed by atoms with Crippen molar-refractivity contribution in [2.75, 3.05) is 25.9 Å². The first kappa shape index (κ1) is 14.0. The lowest BCUT2D eigenvalue weighted by Crippen LogP contribution is -2.51. The van der Waals surface area contributed by atoms with Crippen molar-refractivity contribution in [3.8, 4) is 0 Å². The van der Waals surface area contributed by atoms with E-state index in [-0.39, 0.29) is 11.9 Å². The Morgan fingerprint density at radius 2 is 1.84 bits per heavy atom. The molecule has 104 valence electrons. The summed E-state index contributed by atoms with van der Waals surface area (Å²) in [5.74, 6) is -0.0259. The van der Waals surface area contributed by atoms with Gasteiger partial charge in [-0.05, 0) is 5.56 Å². The first-order valence-corrected chi connectivity index (χ1v) is 8.01. The Hall–Kier alpha value is -1.40. The normalized spacial score (nSPS) is 21.4. The summed E-state index contributed by atoms with van der Waals surface area (Å²) in [6.07, 6.45) is 1.21. The van der Waals surface area contributed by atoms with Gasteiger partial charge in [0.2, 0.25) is 15.9 Å². The van der Waals surface area contributed by atoms with Crippen LogP contribution in [0.2, 0.25) is 0 Å². The van der Waals surface area contributed by atoms with E-state index in [9.17, 15) is 13.2 Å². The Labute approximate surface area is 113 Å². The zero-order chi connectivity index (χ0) is 14.0. The van der Waals surface area contributed by atoms with Crippen molar-refractivity contribution < 1.29 is 13.2 Å². The van der Waals surface area contributed by atoms with Crippen LogP contribution in [0.15, 0.2) is 30.3 Å². The van der Waals surface area contributed by atoms with Crippen LogP contribution in [0.5, 0.6) is 0 Å². The molecule has 1 heterocycles. The second-order valence-corrected chi connectivity index (χ2v) is 6.74. The van der Waals surface area contributed by atoms with Crippen molar-refractivity contribution in [3.63, 3.8) is 0 Å². The van der Waals surface area contributed by atoms with Crippen LogP contribution < -0.4 is 0 Å². The third kappa shape index (κ3) is 3.13. The maximum atomic E-state index is 11.7. The minimum Gasteiger partial charge on any atom is -0.333 e. The molecule has 1 aliphatic rings. The summed E-state index contributed by atoms with van der Waals surface area (Å²) in [6, 6.07) is 9.33. The standard InChI is InChI=1S/C13H18N2O3S/c1-11(16)15-9-8-14(19(2,17)18)10-13(15)12-6-4-3-5-7-12/h3-7,13H,8-10H2,1-2H3/t13-/m1/s1. The average Bonchev–Trinajstić information content (AvgIpc) is 2.38. The zero-order valence-corrected chi connectivity index (χ0v) is 11.9. The van der Waals surface area contributed by atoms with Crippen LogP contribution in [-0.4, -0.2) is 49.4 Å². The zero-order valence-electron chi connectivity index (χ0n) is 11.1. The van der Waals surface area contributed by atoms with Crippen LogP contribution in [0.4, 0.5) is 0 Å². The van der Waals surface area contributed by atoms with Gasteiger partial charge in [0.25, 0.3) is 0 Å². The summed E-state index contributed by atoms with van der Waals surface area (Å²) in [5.41, 5.74) is 0.964. The van der Waals surface area contributed by atoms with Gasteiger partial charge in [0.15, 0.2) is 0 Å². The fourth-order valence-corrected chi connectivity index (χ4v) is 3.22. The summed E-state index contributed by atoms with van der Waals surface area (Å²) in [7, 11) is -3.22. The maximum Gasteiger partial charge on any atom is 0.220 e. The van der Waals surface area contributed by atoms with Crippen molar-refractivity contribution >= 4 is 15.9 Å². The molecule has 1 saturated heterocycles. The number of carbonyl (C=O) groups excluding carboxylic acids is 1. The highest BCUT2D eigenvalue weighted by Gasteiger charge is 2.33. The van der Waals surface area contributed by atoms with Crippen LogP contribution in [-0.2, 0) is 14.8 Å². The topological polar surface area (TPSA) is 57.7 Å². The van der Waals surface area contributed by atoms with Gasteiger partial charge in [-0.25, -0.2) is 8.42 Å². The third-order valence-electron chi connectivity index (χ3n) is 3.40. The van der Waals surface area contributed by atoms with Gasteiger partial charge in [-0.2, -0.15) is 4.31 Å². The molecule has 0 bridgehead atoms. The van der Waals surface area contributed by atoms with E-state index in [0.717, 1.165) is 5.56 Å². The number of sulfonamides is 1. The molecule has 0 spiro atoms. The van der Waals surface area contributed by atoms with Crippen molar-refractivity contribution in [1.82, 2.24) is 9.21 Å². The van der Waals surface area contributed by atoms with Gasteiger partial charge in [-0.15, -0.1) is 0 Å². The van der Waals surface area contributed by atoms with Crippen LogP contribution >= 0.6 is 0 Å². The molecule has 6 heteroatoms. The molecule has 0 aromatic heterocycles. The Bertz CT molecular complexity index is 557. The molecule has 0 N–H and O–H groups in total. The average molecular weight is 282 g/mol. The highest BCUT2D eigenvalue weighted by Crippen LogP contribution is 2.26. The summed E-state index contributed by atoms with van der Waals surface area (Å²) in [6.45, 7) is 2.64. The van der Waals surface area contributed by atoms with Crippen molar-refractivity contribution in [3.05, 3.63) is 35.9 Å². The lowest BCUT2D eigenvalue weighted by atomic mass is 10.0. The van der Waals surface area contributed by atoms with Crippen molar-refractivity contribution in [2.45, 2.75) is 13.0 Å². The fourth-order valence-electron chi connectivity index (χ4n) is 2.40. The molecule has 0 aliphatic carbocycles. The largest absolute Gasteiger partial charge is 0.333 e. The number of nitrogens with zero attached hydrogens (tertiary/aromatic N) is 2. The number of rotatable bonds is 2. The summed E-state index contributed by atoms with van der Waals surface area (Å²) in [5, 5.41) is 0. The minimum atomic E-state index is -3.22. The van der Waals surface area contributed by atoms with Crippen LogP contribution in [0.25, 0.3) is 0 Å². The number of carbonyl (C=O) groups is 1. The Kier molecular flexibility index (Phi) is 3.91. The van der Waals surface area contributed by atoms with E-state index in [0.29, 0.717) is 19.6 Å². The number of hydrogen-bond acceptors (Lipinski definition) is 3. The molecule has 1 atom stereocenters. The van der Waals surface area contributed by atoms with Gasteiger partial charge in [-0.1, -0.05) is 30.3 Å². The fraction of sp³-hybridized carbons (Fsp3) is 0.462. The molecule has 0 unspecified atom stereocenters. The predicted octanol–water partition coefficient (Wildman–Crippen LogP) is 0.851. The van der Waals surface area contributed by atoms with Gasteiger partial charge < -0.3 is 4.90 Å². The van der Waals surface area contributed by atoms with E-state index in [2.05, 4.69) is 0 Å². The number of piperazine rings is 1. The van der Waals surface area contributed by atoms with E-state index in [1.165, 1.54) is 17.5 Å². The van der Waals surface area contributed by atoms with Crippen molar-refractivity contribution in [1.29, 1.82) is 0 Å². The van der Waals surface area contributed by atoms with Crippen LogP contribution in [0.1, 0.15) is 18.5 Å². The molecule has 0 radical (unpaired) electrons. The molecule has 1 aliphatic heterocycles. The van der Waals surface area contributed by atoms with Gasteiger partial charge in [-0.3, -0.25) is 4.79 Å². The minimum absolute atomic E-state index is 0.0259. The molecular formula is C13H18N2O3S. The lowest BCUT2D eigenvalue weighted by Gasteiger charge is -2.40. The Morgan fingerprint density at radius 1 is 1.21 bits per heavy atom. The molecule has 19 heavy (non-hydrogen) atoms. The molecule has 5 nitrogen and oxygen atoms in total. The van der Waals surface area contributed by atoms with Gasteiger partial charge >= 0.3 is 0 Å². The van der Waals surface area contributed by atoms with Gasteiger partial charge in [0, 0.05) is 26.6 Å². The van der Waals surface area contributed by atoms with Gasteiger partial charge in [0.1, 0.15) is 0 Å². The molecule has 1 aromatic carbocycles. The second-order valence-electron chi connectivity index (χ2n) is 4.76. The summed E-state index contributed by atoms with van der Waals surface area (Å²) >= 11 is 0. The van der Waals surface area contributed by atoms with Gasteiger partial charge in [0.05, 0.1) is 12.3 Å². The first-order chi connectivity index (χ1) is 8.89. The second kappa shape index (κ2) is 5.30. The molecule has 1 aromatic rings. The Morgan fingerprint density at radius 3 is 2.37 bits per heavy atom. The predicted molar refractivity (Wildman–Crippen MR) is 73.0 cm³/mol. The summed E-state index contributed by atoms with van der Waals surface area (Å²) in [4.78, 5) is 13.4. The molecule has 0 saturated carbocycles. The lowest BCUT2D eigenvalue weighted by molar-refractivity contribution is -0.133. The van der Waals surface area contributed by atoms with Crippen molar-refractivity contribution in [2.24, 2.45) is 0 Å². The van der Waals surface area contributed by atoms with Crippen LogP contribution in [0, 0.1) is 0 Å². The smallest absolute Gasteiger partial charge is 0.220 e. The summed E-state index contributed by atoms with van der Waals surface area (Å²) < 4.78 is 24.8. The van der Waals surface area contributed by atoms with Crippen LogP contribution in [0.3, 0.4) is 0 Å².